The third-order valence-corrected chi connectivity index (χ3v) is 3.89. The first-order valence-electron chi connectivity index (χ1n) is 6.12. The van der Waals surface area contributed by atoms with Crippen LogP contribution in [0.15, 0.2) is 23.1 Å². The lowest BCUT2D eigenvalue weighted by Gasteiger charge is -2.14. The number of hydrogen-bond acceptors (Lipinski definition) is 5. The fraction of sp³-hybridized carbons (Fsp3) is 0.462. The summed E-state index contributed by atoms with van der Waals surface area (Å²) in [7, 11) is 1.52. The van der Waals surface area contributed by atoms with E-state index in [-0.39, 0.29) is 24.0 Å². The summed E-state index contributed by atoms with van der Waals surface area (Å²) in [5.41, 5.74) is 0.663. The third kappa shape index (κ3) is 4.68. The van der Waals surface area contributed by atoms with Crippen LogP contribution in [-0.4, -0.2) is 27.6 Å². The van der Waals surface area contributed by atoms with Crippen LogP contribution >= 0.6 is 10.7 Å². The van der Waals surface area contributed by atoms with Crippen molar-refractivity contribution in [3.63, 3.8) is 0 Å². The van der Waals surface area contributed by atoms with E-state index in [9.17, 15) is 13.2 Å². The average Bonchev–Trinajstić information content (AvgIpc) is 2.35. The third-order valence-electron chi connectivity index (χ3n) is 2.54. The maximum Gasteiger partial charge on any atom is 0.344 e. The first-order valence-corrected chi connectivity index (χ1v) is 8.43. The van der Waals surface area contributed by atoms with Gasteiger partial charge in [-0.05, 0) is 36.6 Å². The molecule has 0 spiro atoms. The maximum atomic E-state index is 11.3. The number of benzene rings is 1. The lowest BCUT2D eigenvalue weighted by molar-refractivity contribution is -0.145. The highest BCUT2D eigenvalue weighted by Gasteiger charge is 2.16. The summed E-state index contributed by atoms with van der Waals surface area (Å²) in [5, 5.41) is 0. The van der Waals surface area contributed by atoms with E-state index in [1.54, 1.807) is 6.92 Å². The number of rotatable bonds is 6. The van der Waals surface area contributed by atoms with Crippen LogP contribution in [0.3, 0.4) is 0 Å². The Bertz CT molecular complexity index is 580. The number of carbonyl (C=O) groups is 1. The molecule has 112 valence electrons. The van der Waals surface area contributed by atoms with Crippen molar-refractivity contribution in [2.75, 3.05) is 13.2 Å². The minimum absolute atomic E-state index is 0.00588. The van der Waals surface area contributed by atoms with Crippen molar-refractivity contribution in [3.05, 3.63) is 23.8 Å². The molecule has 0 amide bonds. The number of halogens is 1. The molecule has 0 atom stereocenters. The van der Waals surface area contributed by atoms with E-state index >= 15 is 0 Å². The lowest BCUT2D eigenvalue weighted by Crippen LogP contribution is -2.15. The molecule has 20 heavy (non-hydrogen) atoms. The van der Waals surface area contributed by atoms with Crippen LogP contribution in [0.4, 0.5) is 0 Å². The van der Waals surface area contributed by atoms with E-state index < -0.39 is 15.0 Å². The minimum atomic E-state index is -3.79. The first kappa shape index (κ1) is 16.8. The first-order chi connectivity index (χ1) is 9.25. The van der Waals surface area contributed by atoms with E-state index in [1.165, 1.54) is 18.2 Å². The Balaban J connectivity index is 3.00. The molecule has 1 aromatic carbocycles. The van der Waals surface area contributed by atoms with E-state index in [4.69, 9.17) is 20.2 Å². The molecule has 0 N–H and O–H groups in total. The van der Waals surface area contributed by atoms with Crippen LogP contribution < -0.4 is 4.74 Å². The molecular formula is C13H17ClO5S. The van der Waals surface area contributed by atoms with E-state index in [1.807, 2.05) is 13.8 Å². The number of carbonyl (C=O) groups excluding carboxylic acids is 1. The quantitative estimate of drug-likeness (QED) is 0.595. The smallest absolute Gasteiger partial charge is 0.344 e. The van der Waals surface area contributed by atoms with Crippen molar-refractivity contribution in [2.24, 2.45) is 0 Å². The molecule has 0 unspecified atom stereocenters. The number of esters is 1. The Labute approximate surface area is 123 Å². The SMILES string of the molecule is CCOC(=O)COc1ccc(S(=O)(=O)Cl)cc1C(C)C. The molecule has 0 saturated heterocycles. The Morgan fingerprint density at radius 1 is 1.35 bits per heavy atom. The molecule has 5 nitrogen and oxygen atoms in total. The van der Waals surface area contributed by atoms with Gasteiger partial charge in [-0.25, -0.2) is 13.2 Å². The molecule has 0 aliphatic heterocycles. The van der Waals surface area contributed by atoms with Crippen molar-refractivity contribution in [3.8, 4) is 5.75 Å². The fourth-order valence-corrected chi connectivity index (χ4v) is 2.39. The van der Waals surface area contributed by atoms with Crippen LogP contribution in [0.25, 0.3) is 0 Å². The fourth-order valence-electron chi connectivity index (χ4n) is 1.60. The monoisotopic (exact) mass is 320 g/mol. The van der Waals surface area contributed by atoms with Crippen LogP contribution in [0.1, 0.15) is 32.3 Å². The largest absolute Gasteiger partial charge is 0.482 e. The zero-order valence-corrected chi connectivity index (χ0v) is 13.1. The van der Waals surface area contributed by atoms with Crippen molar-refractivity contribution in [1.29, 1.82) is 0 Å². The highest BCUT2D eigenvalue weighted by molar-refractivity contribution is 8.13. The second kappa shape index (κ2) is 6.95. The summed E-state index contributed by atoms with van der Waals surface area (Å²) >= 11 is 0. The van der Waals surface area contributed by atoms with Crippen LogP contribution in [-0.2, 0) is 18.6 Å². The summed E-state index contributed by atoms with van der Waals surface area (Å²) in [5.74, 6) is -0.0149. The van der Waals surface area contributed by atoms with Gasteiger partial charge in [-0.2, -0.15) is 0 Å². The highest BCUT2D eigenvalue weighted by Crippen LogP contribution is 2.30. The van der Waals surface area contributed by atoms with Gasteiger partial charge in [0.1, 0.15) is 5.75 Å². The zero-order valence-electron chi connectivity index (χ0n) is 11.6. The molecule has 0 heterocycles. The molecule has 0 saturated carbocycles. The predicted molar refractivity (Wildman–Crippen MR) is 75.7 cm³/mol. The van der Waals surface area contributed by atoms with Gasteiger partial charge in [-0.3, -0.25) is 0 Å². The van der Waals surface area contributed by atoms with Gasteiger partial charge in [-0.15, -0.1) is 0 Å². The second-order valence-electron chi connectivity index (χ2n) is 4.39. The summed E-state index contributed by atoms with van der Waals surface area (Å²) in [6.07, 6.45) is 0. The van der Waals surface area contributed by atoms with E-state index in [0.29, 0.717) is 11.3 Å². The molecule has 0 bridgehead atoms. The van der Waals surface area contributed by atoms with Crippen LogP contribution in [0, 0.1) is 0 Å². The van der Waals surface area contributed by atoms with Crippen molar-refractivity contribution >= 4 is 25.7 Å². The molecule has 0 radical (unpaired) electrons. The Hall–Kier alpha value is -1.27. The summed E-state index contributed by atoms with van der Waals surface area (Å²) in [6.45, 7) is 5.54. The molecule has 0 fully saturated rings. The molecule has 0 aliphatic rings. The standard InChI is InChI=1S/C13H17ClO5S/c1-4-18-13(15)8-19-12-6-5-10(20(14,16)17)7-11(12)9(2)3/h5-7,9H,4,8H2,1-3H3. The van der Waals surface area contributed by atoms with Gasteiger partial charge in [-0.1, -0.05) is 13.8 Å². The Morgan fingerprint density at radius 2 is 2.00 bits per heavy atom. The Morgan fingerprint density at radius 3 is 2.50 bits per heavy atom. The Kier molecular flexibility index (Phi) is 5.83. The second-order valence-corrected chi connectivity index (χ2v) is 6.95. The van der Waals surface area contributed by atoms with Crippen LogP contribution in [0.2, 0.25) is 0 Å². The summed E-state index contributed by atoms with van der Waals surface area (Å²) in [4.78, 5) is 11.3. The van der Waals surface area contributed by atoms with Crippen molar-refractivity contribution < 1.29 is 22.7 Å². The van der Waals surface area contributed by atoms with E-state index in [0.717, 1.165) is 0 Å². The topological polar surface area (TPSA) is 69.7 Å². The van der Waals surface area contributed by atoms with Gasteiger partial charge in [0.15, 0.2) is 6.61 Å². The van der Waals surface area contributed by atoms with Crippen molar-refractivity contribution in [2.45, 2.75) is 31.6 Å². The molecule has 0 aliphatic carbocycles. The zero-order chi connectivity index (χ0) is 15.3. The molecule has 7 heteroatoms. The maximum absolute atomic E-state index is 11.3. The number of ether oxygens (including phenoxy) is 2. The van der Waals surface area contributed by atoms with Gasteiger partial charge in [0.05, 0.1) is 11.5 Å². The van der Waals surface area contributed by atoms with Gasteiger partial charge in [0, 0.05) is 10.7 Å². The van der Waals surface area contributed by atoms with Gasteiger partial charge < -0.3 is 9.47 Å². The van der Waals surface area contributed by atoms with Crippen LogP contribution in [0.5, 0.6) is 5.75 Å². The minimum Gasteiger partial charge on any atom is -0.482 e. The van der Waals surface area contributed by atoms with E-state index in [2.05, 4.69) is 0 Å². The molecule has 0 aromatic heterocycles. The average molecular weight is 321 g/mol. The predicted octanol–water partition coefficient (Wildman–Crippen LogP) is 2.68. The summed E-state index contributed by atoms with van der Waals surface area (Å²) < 4.78 is 32.8. The summed E-state index contributed by atoms with van der Waals surface area (Å²) in [6, 6.07) is 4.28. The highest BCUT2D eigenvalue weighted by atomic mass is 35.7. The number of hydrogen-bond donors (Lipinski definition) is 0. The lowest BCUT2D eigenvalue weighted by atomic mass is 10.0. The molecule has 1 aromatic rings. The van der Waals surface area contributed by atoms with Gasteiger partial charge >= 0.3 is 5.97 Å². The molecular weight excluding hydrogens is 304 g/mol. The molecule has 1 rings (SSSR count). The van der Waals surface area contributed by atoms with Gasteiger partial charge in [0.25, 0.3) is 9.05 Å². The van der Waals surface area contributed by atoms with Gasteiger partial charge in [0.2, 0.25) is 0 Å². The van der Waals surface area contributed by atoms with Crippen molar-refractivity contribution in [1.82, 2.24) is 0 Å². The normalized spacial score (nSPS) is 11.4.